The van der Waals surface area contributed by atoms with Gasteiger partial charge in [0.15, 0.2) is 0 Å². The summed E-state index contributed by atoms with van der Waals surface area (Å²) in [5, 5.41) is 24.9. The molecule has 0 aromatic carbocycles. The van der Waals surface area contributed by atoms with E-state index < -0.39 is 64.0 Å². The number of hydrogen-bond acceptors (Lipinski definition) is 9. The van der Waals surface area contributed by atoms with Crippen LogP contribution in [-0.2, 0) is 28.6 Å². The lowest BCUT2D eigenvalue weighted by Gasteiger charge is -2.58. The quantitative estimate of drug-likeness (QED) is 0.523. The molecule has 0 spiro atoms. The van der Waals surface area contributed by atoms with Crippen LogP contribution in [0.4, 0.5) is 0 Å². The highest BCUT2D eigenvalue weighted by atomic mass is 16.6. The van der Waals surface area contributed by atoms with E-state index in [1.165, 1.54) is 33.5 Å². The van der Waals surface area contributed by atoms with Crippen molar-refractivity contribution in [2.75, 3.05) is 7.11 Å². The first-order valence-corrected chi connectivity index (χ1v) is 10.8. The molecule has 2 N–H and O–H groups in total. The topological polar surface area (TPSA) is 132 Å². The van der Waals surface area contributed by atoms with Crippen LogP contribution in [0, 0.1) is 22.7 Å². The summed E-state index contributed by atoms with van der Waals surface area (Å²) in [6.45, 7) is 5.95. The van der Waals surface area contributed by atoms with Crippen molar-refractivity contribution < 1.29 is 43.2 Å². The molecule has 8 atom stereocenters. The van der Waals surface area contributed by atoms with Gasteiger partial charge in [-0.05, 0) is 32.8 Å². The van der Waals surface area contributed by atoms with Crippen molar-refractivity contribution in [3.05, 3.63) is 24.2 Å². The van der Waals surface area contributed by atoms with Gasteiger partial charge in [0.05, 0.1) is 42.5 Å². The number of aliphatic hydroxyl groups is 2. The number of esters is 3. The molecule has 176 valence electrons. The molecule has 1 aromatic rings. The van der Waals surface area contributed by atoms with Crippen LogP contribution in [0.25, 0.3) is 0 Å². The van der Waals surface area contributed by atoms with E-state index in [9.17, 15) is 24.6 Å². The van der Waals surface area contributed by atoms with E-state index in [0.717, 1.165) is 0 Å². The lowest BCUT2D eigenvalue weighted by Crippen LogP contribution is -2.70. The maximum absolute atomic E-state index is 13.1. The Morgan fingerprint density at radius 2 is 1.91 bits per heavy atom. The van der Waals surface area contributed by atoms with E-state index in [1.807, 2.05) is 0 Å². The number of methoxy groups -OCH3 is 1. The first-order valence-electron chi connectivity index (χ1n) is 10.8. The van der Waals surface area contributed by atoms with Crippen LogP contribution in [0.15, 0.2) is 23.0 Å². The first kappa shape index (κ1) is 22.8. The number of rotatable bonds is 3. The van der Waals surface area contributed by atoms with Crippen molar-refractivity contribution in [1.29, 1.82) is 0 Å². The number of cyclic esters (lactones) is 1. The number of hydrogen-bond donors (Lipinski definition) is 2. The van der Waals surface area contributed by atoms with Gasteiger partial charge < -0.3 is 28.8 Å². The van der Waals surface area contributed by atoms with Crippen LogP contribution >= 0.6 is 0 Å². The van der Waals surface area contributed by atoms with Gasteiger partial charge in [0.25, 0.3) is 0 Å². The molecule has 2 saturated carbocycles. The van der Waals surface area contributed by atoms with Gasteiger partial charge in [0, 0.05) is 17.9 Å². The van der Waals surface area contributed by atoms with Crippen LogP contribution in [0.2, 0.25) is 0 Å². The van der Waals surface area contributed by atoms with Crippen LogP contribution < -0.4 is 0 Å². The van der Waals surface area contributed by atoms with Gasteiger partial charge in [-0.25, -0.2) is 0 Å². The van der Waals surface area contributed by atoms with E-state index in [0.29, 0.717) is 18.4 Å². The SMILES string of the molecule is COC(=O)[C@@]1(C)CCC[C@]2(C)C3(O)C(C)C(=O)O[C@H](c4ccoc4)C3C(OC(C)=O)C21O. The van der Waals surface area contributed by atoms with E-state index in [2.05, 4.69) is 0 Å². The summed E-state index contributed by atoms with van der Waals surface area (Å²) in [7, 11) is 1.23. The van der Waals surface area contributed by atoms with Gasteiger partial charge in [-0.15, -0.1) is 0 Å². The van der Waals surface area contributed by atoms with Gasteiger partial charge in [0.2, 0.25) is 0 Å². The summed E-state index contributed by atoms with van der Waals surface area (Å²) in [6.07, 6.45) is 1.42. The summed E-state index contributed by atoms with van der Waals surface area (Å²) >= 11 is 0. The van der Waals surface area contributed by atoms with Gasteiger partial charge >= 0.3 is 17.9 Å². The van der Waals surface area contributed by atoms with E-state index >= 15 is 0 Å². The maximum Gasteiger partial charge on any atom is 0.314 e. The second kappa shape index (κ2) is 7.05. The Balaban J connectivity index is 2.03. The van der Waals surface area contributed by atoms with E-state index in [1.54, 1.807) is 19.9 Å². The highest BCUT2D eigenvalue weighted by Crippen LogP contribution is 2.73. The molecule has 1 saturated heterocycles. The first-order chi connectivity index (χ1) is 14.9. The zero-order valence-corrected chi connectivity index (χ0v) is 18.9. The number of carbonyl (C=O) groups is 3. The van der Waals surface area contributed by atoms with Crippen molar-refractivity contribution in [1.82, 2.24) is 0 Å². The molecule has 3 aliphatic rings. The molecule has 9 nitrogen and oxygen atoms in total. The Morgan fingerprint density at radius 3 is 2.47 bits per heavy atom. The lowest BCUT2D eigenvalue weighted by atomic mass is 9.49. The number of carbonyl (C=O) groups excluding carboxylic acids is 3. The van der Waals surface area contributed by atoms with Crippen molar-refractivity contribution in [2.24, 2.45) is 22.7 Å². The molecule has 1 aliphatic heterocycles. The Morgan fingerprint density at radius 1 is 1.22 bits per heavy atom. The molecule has 0 amide bonds. The average molecular weight is 450 g/mol. The van der Waals surface area contributed by atoms with Gasteiger partial charge in [-0.1, -0.05) is 13.3 Å². The Hall–Kier alpha value is -2.39. The zero-order chi connectivity index (χ0) is 23.7. The third-order valence-corrected chi connectivity index (χ3v) is 8.55. The van der Waals surface area contributed by atoms with Gasteiger partial charge in [-0.3, -0.25) is 14.4 Å². The normalized spacial score (nSPS) is 45.4. The minimum atomic E-state index is -2.04. The molecule has 0 bridgehead atoms. The fourth-order valence-corrected chi connectivity index (χ4v) is 6.95. The molecular formula is C23H30O9. The predicted molar refractivity (Wildman–Crippen MR) is 108 cm³/mol. The Kier molecular flexibility index (Phi) is 5.02. The van der Waals surface area contributed by atoms with Crippen LogP contribution in [0.1, 0.15) is 58.6 Å². The summed E-state index contributed by atoms with van der Waals surface area (Å²) in [5.74, 6) is -4.11. The van der Waals surface area contributed by atoms with Crippen molar-refractivity contribution in [3.8, 4) is 0 Å². The largest absolute Gasteiger partial charge is 0.472 e. The van der Waals surface area contributed by atoms with Gasteiger partial charge in [-0.2, -0.15) is 0 Å². The smallest absolute Gasteiger partial charge is 0.314 e. The Bertz CT molecular complexity index is 941. The number of ether oxygens (including phenoxy) is 3. The number of fused-ring (bicyclic) bond motifs is 3. The molecule has 2 heterocycles. The minimum Gasteiger partial charge on any atom is -0.472 e. The van der Waals surface area contributed by atoms with Crippen molar-refractivity contribution in [3.63, 3.8) is 0 Å². The maximum atomic E-state index is 13.1. The second-order valence-corrected chi connectivity index (χ2v) is 9.79. The molecule has 32 heavy (non-hydrogen) atoms. The van der Waals surface area contributed by atoms with Crippen molar-refractivity contribution >= 4 is 17.9 Å². The zero-order valence-electron chi connectivity index (χ0n) is 18.9. The fraction of sp³-hybridized carbons (Fsp3) is 0.696. The van der Waals surface area contributed by atoms with Crippen LogP contribution in [0.5, 0.6) is 0 Å². The lowest BCUT2D eigenvalue weighted by molar-refractivity contribution is -0.258. The summed E-state index contributed by atoms with van der Waals surface area (Å²) < 4.78 is 21.7. The number of furan rings is 1. The third kappa shape index (κ3) is 2.43. The molecule has 1 aromatic heterocycles. The molecule has 0 radical (unpaired) electrons. The second-order valence-electron chi connectivity index (χ2n) is 9.79. The van der Waals surface area contributed by atoms with E-state index in [4.69, 9.17) is 18.6 Å². The van der Waals surface area contributed by atoms with E-state index in [-0.39, 0.29) is 6.42 Å². The Labute approximate surface area is 186 Å². The van der Waals surface area contributed by atoms with Crippen LogP contribution in [-0.4, -0.2) is 52.5 Å². The molecule has 5 unspecified atom stereocenters. The predicted octanol–water partition coefficient (Wildman–Crippen LogP) is 1.91. The highest BCUT2D eigenvalue weighted by Gasteiger charge is 2.85. The summed E-state index contributed by atoms with van der Waals surface area (Å²) in [4.78, 5) is 38.2. The third-order valence-electron chi connectivity index (χ3n) is 8.55. The molecule has 3 fully saturated rings. The van der Waals surface area contributed by atoms with Gasteiger partial charge in [0.1, 0.15) is 17.8 Å². The molecule has 2 aliphatic carbocycles. The fourth-order valence-electron chi connectivity index (χ4n) is 6.95. The highest BCUT2D eigenvalue weighted by molar-refractivity contribution is 5.81. The molecule has 9 heteroatoms. The minimum absolute atomic E-state index is 0.256. The van der Waals surface area contributed by atoms with Crippen LogP contribution in [0.3, 0.4) is 0 Å². The molecule has 4 rings (SSSR count). The molecular weight excluding hydrogens is 420 g/mol. The standard InChI is InChI=1S/C23H30O9/c1-12-18(25)32-16(14-7-10-30-11-14)15-17(31-13(2)24)23(28)20(3,19(26)29-5)8-6-9-21(23,4)22(12,15)27/h7,10-12,15-17,27-28H,6,8-9H2,1-5H3/t12?,15?,16-,17?,20-,21-,22?,23?/m1/s1. The monoisotopic (exact) mass is 450 g/mol. The van der Waals surface area contributed by atoms with Crippen molar-refractivity contribution in [2.45, 2.75) is 70.4 Å². The average Bonchev–Trinajstić information content (AvgIpc) is 3.32. The summed E-state index contributed by atoms with van der Waals surface area (Å²) in [5.41, 5.74) is -6.34. The summed E-state index contributed by atoms with van der Waals surface area (Å²) in [6, 6.07) is 1.59.